The highest BCUT2D eigenvalue weighted by molar-refractivity contribution is 7.67. The molecule has 6 unspecified atom stereocenters. The van der Waals surface area contributed by atoms with Crippen LogP contribution < -0.4 is 22.8 Å². The van der Waals surface area contributed by atoms with Crippen LogP contribution in [0.15, 0.2) is 21.9 Å². The largest absolute Gasteiger partial charge is 0.490 e. The SMILES string of the molecule is CC#CC1(F)[C@@H](O)[C@@H]([C@@H](C)OP(=O)(O)OP(=O)(O)OP(=O)(O)O)O[C@H]1n1c(C)cc(N)nc1=O.CC#CC1(F)[C@@H](O)[C@@H]([C@@H](C)OP(=O)(O)OP(=O)(O)OP(=O)(O)O)O[C@H]1n1ncc(N)nc1=O. The van der Waals surface area contributed by atoms with Gasteiger partial charge >= 0.3 is 58.3 Å². The molecular formula is C26H39F2N7O26P6. The second-order valence-electron chi connectivity index (χ2n) is 13.3. The molecule has 0 radical (unpaired) electrons. The fourth-order valence-electron chi connectivity index (χ4n) is 5.86. The first-order valence-electron chi connectivity index (χ1n) is 17.4. The molecule has 67 heavy (non-hydrogen) atoms. The molecule has 0 amide bonds. The van der Waals surface area contributed by atoms with Gasteiger partial charge in [-0.15, -0.1) is 11.8 Å². The van der Waals surface area contributed by atoms with E-state index in [1.54, 1.807) is 0 Å². The highest BCUT2D eigenvalue weighted by Crippen LogP contribution is 2.68. The first-order valence-corrected chi connectivity index (χ1v) is 26.4. The van der Waals surface area contributed by atoms with Gasteiger partial charge in [-0.05, 0) is 40.7 Å². The average molecular weight is 1090 g/mol. The molecule has 14 atom stereocenters. The third-order valence-corrected chi connectivity index (χ3v) is 16.0. The Hall–Kier alpha value is -3.07. The van der Waals surface area contributed by atoms with Gasteiger partial charge in [-0.3, -0.25) is 13.6 Å². The Morgan fingerprint density at radius 3 is 1.45 bits per heavy atom. The summed E-state index contributed by atoms with van der Waals surface area (Å²) in [5.74, 6) is 8.03. The van der Waals surface area contributed by atoms with Gasteiger partial charge in [0.2, 0.25) is 17.6 Å². The molecule has 2 aromatic rings. The van der Waals surface area contributed by atoms with Crippen molar-refractivity contribution in [1.82, 2.24) is 24.3 Å². The maximum absolute atomic E-state index is 15.8. The molecule has 0 aromatic carbocycles. The minimum Gasteiger partial charge on any atom is -0.386 e. The van der Waals surface area contributed by atoms with Crippen molar-refractivity contribution in [2.24, 2.45) is 0 Å². The van der Waals surface area contributed by atoms with Crippen LogP contribution in [-0.4, -0.2) is 122 Å². The molecule has 33 nitrogen and oxygen atoms in total. The first kappa shape index (κ1) is 58.2. The van der Waals surface area contributed by atoms with Crippen LogP contribution in [-0.2, 0) is 63.2 Å². The molecule has 2 fully saturated rings. The molecule has 2 saturated heterocycles. The summed E-state index contributed by atoms with van der Waals surface area (Å²) in [7, 11) is -34.2. The van der Waals surface area contributed by atoms with Crippen LogP contribution in [0.25, 0.3) is 0 Å². The van der Waals surface area contributed by atoms with Crippen molar-refractivity contribution in [2.75, 3.05) is 11.5 Å². The minimum absolute atomic E-state index is 0.0656. The van der Waals surface area contributed by atoms with Crippen LogP contribution in [0.4, 0.5) is 20.4 Å². The highest BCUT2D eigenvalue weighted by Gasteiger charge is 2.62. The number of ether oxygens (including phenoxy) is 2. The molecule has 2 aromatic heterocycles. The van der Waals surface area contributed by atoms with Crippen LogP contribution >= 0.6 is 46.9 Å². The maximum atomic E-state index is 15.8. The van der Waals surface area contributed by atoms with E-state index in [1.807, 2.05) is 5.92 Å². The number of aryl methyl sites for hydroxylation is 1. The van der Waals surface area contributed by atoms with Gasteiger partial charge in [0.25, 0.3) is 0 Å². The zero-order valence-electron chi connectivity index (χ0n) is 34.1. The second kappa shape index (κ2) is 21.1. The lowest BCUT2D eigenvalue weighted by molar-refractivity contribution is -0.0828. The Labute approximate surface area is 372 Å². The predicted molar refractivity (Wildman–Crippen MR) is 212 cm³/mol. The molecule has 41 heteroatoms. The number of hydrogen-bond acceptors (Lipinski definition) is 23. The van der Waals surface area contributed by atoms with Gasteiger partial charge in [0, 0.05) is 5.69 Å². The lowest BCUT2D eigenvalue weighted by Crippen LogP contribution is -2.46. The van der Waals surface area contributed by atoms with Gasteiger partial charge in [-0.25, -0.2) is 45.8 Å². The maximum Gasteiger partial charge on any atom is 0.490 e. The van der Waals surface area contributed by atoms with E-state index in [2.05, 4.69) is 59.1 Å². The third kappa shape index (κ3) is 15.2. The van der Waals surface area contributed by atoms with E-state index in [9.17, 15) is 66.8 Å². The summed E-state index contributed by atoms with van der Waals surface area (Å²) in [4.78, 5) is 103. The molecule has 0 aliphatic carbocycles. The summed E-state index contributed by atoms with van der Waals surface area (Å²) in [6.45, 7) is 5.69. The van der Waals surface area contributed by atoms with E-state index < -0.39 is 119 Å². The van der Waals surface area contributed by atoms with Crippen LogP contribution in [0.1, 0.15) is 45.8 Å². The lowest BCUT2D eigenvalue weighted by Gasteiger charge is -2.26. The number of halogens is 2. The van der Waals surface area contributed by atoms with Gasteiger partial charge in [0.1, 0.15) is 36.1 Å². The smallest absolute Gasteiger partial charge is 0.386 e. The Morgan fingerprint density at radius 2 is 1.07 bits per heavy atom. The minimum atomic E-state index is -5.82. The quantitative estimate of drug-likeness (QED) is 0.0694. The Kier molecular flexibility index (Phi) is 18.4. The summed E-state index contributed by atoms with van der Waals surface area (Å²) < 4.78 is 135. The molecule has 2 aliphatic rings. The van der Waals surface area contributed by atoms with Gasteiger partial charge in [0.15, 0.2) is 6.23 Å². The summed E-state index contributed by atoms with van der Waals surface area (Å²) in [5.41, 5.74) is 2.62. The number of aliphatic hydroxyl groups excluding tert-OH is 2. The lowest BCUT2D eigenvalue weighted by atomic mass is 9.94. The molecule has 0 spiro atoms. The number of aromatic nitrogens is 5. The van der Waals surface area contributed by atoms with E-state index in [4.69, 9.17) is 40.5 Å². The summed E-state index contributed by atoms with van der Waals surface area (Å²) in [5, 5.41) is 24.6. The van der Waals surface area contributed by atoms with Crippen molar-refractivity contribution in [2.45, 2.75) is 95.0 Å². The van der Waals surface area contributed by atoms with Crippen molar-refractivity contribution >= 4 is 58.6 Å². The zero-order chi connectivity index (χ0) is 51.7. The number of alkyl halides is 2. The van der Waals surface area contributed by atoms with E-state index in [0.717, 1.165) is 20.0 Å². The van der Waals surface area contributed by atoms with Gasteiger partial charge in [-0.1, -0.05) is 11.8 Å². The summed E-state index contributed by atoms with van der Waals surface area (Å²) >= 11 is 0. The number of hydrogen-bond donors (Lipinski definition) is 12. The van der Waals surface area contributed by atoms with E-state index in [1.165, 1.54) is 26.8 Å². The van der Waals surface area contributed by atoms with E-state index in [0.29, 0.717) is 9.25 Å². The highest BCUT2D eigenvalue weighted by atomic mass is 31.3. The van der Waals surface area contributed by atoms with Crippen molar-refractivity contribution in [3.8, 4) is 23.7 Å². The molecule has 0 saturated carbocycles. The topological polar surface area (TPSA) is 513 Å². The Bertz CT molecular complexity index is 2740. The number of aliphatic hydroxyl groups is 2. The monoisotopic (exact) mass is 1090 g/mol. The molecule has 4 heterocycles. The fraction of sp³-hybridized carbons (Fsp3) is 0.577. The number of phosphoric acid groups is 6. The second-order valence-corrected chi connectivity index (χ2v) is 22.0. The predicted octanol–water partition coefficient (Wildman–Crippen LogP) is -1.20. The molecule has 0 bridgehead atoms. The van der Waals surface area contributed by atoms with Gasteiger partial charge < -0.3 is 70.3 Å². The van der Waals surface area contributed by atoms with Gasteiger partial charge in [-0.2, -0.15) is 37.0 Å². The van der Waals surface area contributed by atoms with Crippen molar-refractivity contribution in [3.05, 3.63) is 38.9 Å². The number of nitrogens with zero attached hydrogens (tertiary/aromatic N) is 5. The van der Waals surface area contributed by atoms with Gasteiger partial charge in [0.05, 0.1) is 18.4 Å². The number of nitrogen functional groups attached to an aromatic ring is 2. The number of phosphoric ester groups is 2. The number of nitrogens with two attached hydrogens (primary N) is 2. The average Bonchev–Trinajstić information content (AvgIpc) is 3.49. The van der Waals surface area contributed by atoms with Crippen molar-refractivity contribution < 1.29 is 121 Å². The summed E-state index contributed by atoms with van der Waals surface area (Å²) in [6, 6.07) is 1.21. The fourth-order valence-corrected chi connectivity index (χ4v) is 12.3. The summed E-state index contributed by atoms with van der Waals surface area (Å²) in [6.07, 6.45) is -14.9. The van der Waals surface area contributed by atoms with Crippen molar-refractivity contribution in [1.29, 1.82) is 0 Å². The van der Waals surface area contributed by atoms with Crippen molar-refractivity contribution in [3.63, 3.8) is 0 Å². The molecule has 14 N–H and O–H groups in total. The normalized spacial score (nSPS) is 29.7. The van der Waals surface area contributed by atoms with E-state index >= 15 is 8.78 Å². The van der Waals surface area contributed by atoms with Crippen LogP contribution in [0.3, 0.4) is 0 Å². The zero-order valence-corrected chi connectivity index (χ0v) is 39.5. The molecule has 2 aliphatic heterocycles. The molecular weight excluding hydrogens is 1050 g/mol. The Morgan fingerprint density at radius 1 is 0.687 bits per heavy atom. The number of rotatable bonds is 16. The Balaban J connectivity index is 0.000000355. The third-order valence-electron chi connectivity index (χ3n) is 8.12. The van der Waals surface area contributed by atoms with Crippen LogP contribution in [0.2, 0.25) is 0 Å². The van der Waals surface area contributed by atoms with Crippen LogP contribution in [0.5, 0.6) is 0 Å². The van der Waals surface area contributed by atoms with E-state index in [-0.39, 0.29) is 17.3 Å². The first-order chi connectivity index (χ1) is 30.2. The standard InChI is InChI=1S/C14H21FN3O13P3.C12H18FN4O13P3/c1-4-5-14(15)11(19)10(28-12(14)18-7(2)6-9(16)17-13(18)20)8(3)29-33(24,25)31-34(26,27)30-32(21,22)23;1-3-4-12(13)9(18)8(27-10(12)17-11(19)16-7(14)5-15-17)6(2)28-32(23,24)30-33(25,26)29-31(20,21)22/h6,8,10-12,19H,1-3H3,(H,24,25)(H,26,27)(H2,16,17,20)(H2,21,22,23);5-6,8-10,18H,1-2H3,(H,23,24)(H,25,26)(H2,14,16,19)(H2,20,21,22)/t8-,10-,11+,12-,14?;6-,8-,9+,10-,12?/m11/s1. The molecule has 4 rings (SSSR count). The number of anilines is 2. The molecule has 378 valence electrons. The van der Waals surface area contributed by atoms with Crippen LogP contribution in [0, 0.1) is 30.6 Å².